The summed E-state index contributed by atoms with van der Waals surface area (Å²) in [4.78, 5) is 30.4. The minimum atomic E-state index is -0.377. The number of methoxy groups -OCH3 is 1. The van der Waals surface area contributed by atoms with Crippen molar-refractivity contribution in [3.05, 3.63) is 101 Å². The Hall–Kier alpha value is -3.31. The van der Waals surface area contributed by atoms with Crippen molar-refractivity contribution in [3.63, 3.8) is 0 Å². The number of halogens is 1. The number of hydrogen-bond donors (Lipinski definition) is 0. The Balaban J connectivity index is 1.63. The van der Waals surface area contributed by atoms with Gasteiger partial charge in [-0.05, 0) is 35.4 Å². The number of hydrogen-bond acceptors (Lipinski definition) is 3. The molecule has 3 aromatic rings. The topological polar surface area (TPSA) is 49.9 Å². The highest BCUT2D eigenvalue weighted by Crippen LogP contribution is 2.39. The molecule has 2 atom stereocenters. The molecule has 0 radical (unpaired) electrons. The zero-order chi connectivity index (χ0) is 23.4. The van der Waals surface area contributed by atoms with Crippen molar-refractivity contribution in [2.24, 2.45) is 5.92 Å². The van der Waals surface area contributed by atoms with Gasteiger partial charge in [0, 0.05) is 43.2 Å². The second kappa shape index (κ2) is 10.1. The predicted molar refractivity (Wildman–Crippen MR) is 129 cm³/mol. The van der Waals surface area contributed by atoms with Crippen LogP contribution < -0.4 is 4.74 Å². The van der Waals surface area contributed by atoms with Crippen LogP contribution in [-0.2, 0) is 11.3 Å². The molecular formula is C27H27ClN2O3. The monoisotopic (exact) mass is 462 g/mol. The van der Waals surface area contributed by atoms with E-state index in [1.165, 1.54) is 0 Å². The predicted octanol–water partition coefficient (Wildman–Crippen LogP) is 4.86. The SMILES string of the molecule is COc1ccccc1[C@H]1CN(C(=O)c2cccc(Cl)c2)C[C@@H]1C(=O)N(C)Cc1ccccc1. The van der Waals surface area contributed by atoms with Crippen molar-refractivity contribution in [2.45, 2.75) is 12.5 Å². The van der Waals surface area contributed by atoms with E-state index >= 15 is 0 Å². The fourth-order valence-electron chi connectivity index (χ4n) is 4.53. The minimum absolute atomic E-state index is 0.0103. The maximum absolute atomic E-state index is 13.6. The molecular weight excluding hydrogens is 436 g/mol. The van der Waals surface area contributed by atoms with Crippen LogP contribution in [0.5, 0.6) is 5.75 Å². The molecule has 2 amide bonds. The third-order valence-electron chi connectivity index (χ3n) is 6.17. The quantitative estimate of drug-likeness (QED) is 0.525. The third kappa shape index (κ3) is 5.04. The Labute approximate surface area is 199 Å². The summed E-state index contributed by atoms with van der Waals surface area (Å²) in [7, 11) is 3.44. The molecule has 0 aromatic heterocycles. The van der Waals surface area contributed by atoms with Gasteiger partial charge in [0.15, 0.2) is 0 Å². The van der Waals surface area contributed by atoms with Gasteiger partial charge < -0.3 is 14.5 Å². The largest absolute Gasteiger partial charge is 0.496 e. The van der Waals surface area contributed by atoms with Crippen molar-refractivity contribution in [3.8, 4) is 5.75 Å². The van der Waals surface area contributed by atoms with Crippen LogP contribution in [0.15, 0.2) is 78.9 Å². The average molecular weight is 463 g/mol. The lowest BCUT2D eigenvalue weighted by Gasteiger charge is -2.25. The first-order valence-corrected chi connectivity index (χ1v) is 11.3. The van der Waals surface area contributed by atoms with Gasteiger partial charge >= 0.3 is 0 Å². The van der Waals surface area contributed by atoms with Gasteiger partial charge in [0.05, 0.1) is 13.0 Å². The van der Waals surface area contributed by atoms with Gasteiger partial charge in [-0.2, -0.15) is 0 Å². The molecule has 1 heterocycles. The maximum atomic E-state index is 13.6. The number of nitrogens with zero attached hydrogens (tertiary/aromatic N) is 2. The second-order valence-corrected chi connectivity index (χ2v) is 8.79. The Morgan fingerprint density at radius 1 is 1.00 bits per heavy atom. The molecule has 1 saturated heterocycles. The van der Waals surface area contributed by atoms with Crippen LogP contribution in [0.2, 0.25) is 5.02 Å². The summed E-state index contributed by atoms with van der Waals surface area (Å²) in [5, 5.41) is 0.511. The maximum Gasteiger partial charge on any atom is 0.253 e. The van der Waals surface area contributed by atoms with Crippen molar-refractivity contribution in [1.82, 2.24) is 9.80 Å². The summed E-state index contributed by atoms with van der Waals surface area (Å²) >= 11 is 6.11. The molecule has 5 nitrogen and oxygen atoms in total. The van der Waals surface area contributed by atoms with Crippen molar-refractivity contribution in [1.29, 1.82) is 0 Å². The normalized spacial score (nSPS) is 17.6. The number of carbonyl (C=O) groups is 2. The van der Waals surface area contributed by atoms with Crippen LogP contribution in [0, 0.1) is 5.92 Å². The molecule has 0 aliphatic carbocycles. The summed E-state index contributed by atoms with van der Waals surface area (Å²) in [5.74, 6) is 0.0609. The zero-order valence-corrected chi connectivity index (χ0v) is 19.5. The summed E-state index contributed by atoms with van der Waals surface area (Å²) < 4.78 is 5.59. The lowest BCUT2D eigenvalue weighted by molar-refractivity contribution is -0.134. The summed E-state index contributed by atoms with van der Waals surface area (Å²) in [5.41, 5.74) is 2.52. The fourth-order valence-corrected chi connectivity index (χ4v) is 4.72. The van der Waals surface area contributed by atoms with Gasteiger partial charge in [-0.3, -0.25) is 9.59 Å². The van der Waals surface area contributed by atoms with Crippen molar-refractivity contribution in [2.75, 3.05) is 27.2 Å². The minimum Gasteiger partial charge on any atom is -0.496 e. The molecule has 0 bridgehead atoms. The molecule has 4 rings (SSSR count). The van der Waals surface area contributed by atoms with Crippen LogP contribution in [0.3, 0.4) is 0 Å². The van der Waals surface area contributed by atoms with Gasteiger partial charge in [0.1, 0.15) is 5.75 Å². The van der Waals surface area contributed by atoms with Gasteiger partial charge in [0.25, 0.3) is 5.91 Å². The first kappa shape index (κ1) is 22.9. The number of amides is 2. The van der Waals surface area contributed by atoms with Crippen LogP contribution in [-0.4, -0.2) is 48.9 Å². The molecule has 1 fully saturated rings. The van der Waals surface area contributed by atoms with E-state index < -0.39 is 0 Å². The van der Waals surface area contributed by atoms with Crippen LogP contribution >= 0.6 is 11.6 Å². The van der Waals surface area contributed by atoms with Crippen molar-refractivity contribution < 1.29 is 14.3 Å². The molecule has 1 aliphatic rings. The van der Waals surface area contributed by atoms with E-state index in [-0.39, 0.29) is 23.7 Å². The lowest BCUT2D eigenvalue weighted by atomic mass is 9.87. The highest BCUT2D eigenvalue weighted by atomic mass is 35.5. The van der Waals surface area contributed by atoms with Crippen LogP contribution in [0.4, 0.5) is 0 Å². The zero-order valence-electron chi connectivity index (χ0n) is 18.8. The van der Waals surface area contributed by atoms with Crippen LogP contribution in [0.25, 0.3) is 0 Å². The highest BCUT2D eigenvalue weighted by Gasteiger charge is 2.42. The van der Waals surface area contributed by atoms with Gasteiger partial charge in [-0.1, -0.05) is 66.2 Å². The highest BCUT2D eigenvalue weighted by molar-refractivity contribution is 6.30. The molecule has 0 spiro atoms. The van der Waals surface area contributed by atoms with Gasteiger partial charge in [0.2, 0.25) is 5.91 Å². The number of rotatable bonds is 6. The summed E-state index contributed by atoms with van der Waals surface area (Å²) in [6.45, 7) is 1.28. The van der Waals surface area contributed by atoms with E-state index in [1.54, 1.807) is 41.2 Å². The first-order chi connectivity index (χ1) is 16.0. The van der Waals surface area contributed by atoms with E-state index in [0.29, 0.717) is 30.2 Å². The first-order valence-electron chi connectivity index (χ1n) is 10.9. The number of carbonyl (C=O) groups excluding carboxylic acids is 2. The molecule has 33 heavy (non-hydrogen) atoms. The standard InChI is InChI=1S/C27H27ClN2O3/c1-29(16-19-9-4-3-5-10-19)27(32)24-18-30(26(31)20-11-8-12-21(28)15-20)17-23(24)22-13-6-7-14-25(22)33-2/h3-15,23-24H,16-18H2,1-2H3/t23-,24+/m1/s1. The van der Waals surface area contributed by atoms with Gasteiger partial charge in [-0.25, -0.2) is 0 Å². The Morgan fingerprint density at radius 3 is 2.45 bits per heavy atom. The van der Waals surface area contributed by atoms with Crippen LogP contribution in [0.1, 0.15) is 27.4 Å². The average Bonchev–Trinajstić information content (AvgIpc) is 3.28. The number of ether oxygens (including phenoxy) is 1. The molecule has 1 aliphatic heterocycles. The summed E-state index contributed by atoms with van der Waals surface area (Å²) in [6.07, 6.45) is 0. The molecule has 3 aromatic carbocycles. The lowest BCUT2D eigenvalue weighted by Crippen LogP contribution is -2.36. The van der Waals surface area contributed by atoms with Gasteiger partial charge in [-0.15, -0.1) is 0 Å². The Morgan fingerprint density at radius 2 is 1.73 bits per heavy atom. The molecule has 0 saturated carbocycles. The van der Waals surface area contributed by atoms with Crippen molar-refractivity contribution >= 4 is 23.4 Å². The molecule has 170 valence electrons. The number of benzene rings is 3. The summed E-state index contributed by atoms with van der Waals surface area (Å²) in [6, 6.07) is 24.5. The smallest absolute Gasteiger partial charge is 0.253 e. The van der Waals surface area contributed by atoms with E-state index in [9.17, 15) is 9.59 Å². The Bertz CT molecular complexity index is 1130. The molecule has 6 heteroatoms. The number of likely N-dealkylation sites (tertiary alicyclic amines) is 1. The Kier molecular flexibility index (Phi) is 6.99. The third-order valence-corrected chi connectivity index (χ3v) is 6.41. The molecule has 0 N–H and O–H groups in total. The fraction of sp³-hybridized carbons (Fsp3) is 0.259. The second-order valence-electron chi connectivity index (χ2n) is 8.36. The number of para-hydroxylation sites is 1. The molecule has 0 unspecified atom stereocenters. The van der Waals surface area contributed by atoms with E-state index in [1.807, 2.05) is 61.6 Å². The van der Waals surface area contributed by atoms with E-state index in [0.717, 1.165) is 16.9 Å². The van der Waals surface area contributed by atoms with E-state index in [2.05, 4.69) is 0 Å². The van der Waals surface area contributed by atoms with E-state index in [4.69, 9.17) is 16.3 Å².